The third-order valence-electron chi connectivity index (χ3n) is 4.35. The zero-order chi connectivity index (χ0) is 19.0. The monoisotopic (exact) mass is 381 g/mol. The van der Waals surface area contributed by atoms with E-state index in [0.717, 1.165) is 5.56 Å². The number of hydrogen-bond donors (Lipinski definition) is 3. The first-order valence-corrected chi connectivity index (χ1v) is 8.64. The summed E-state index contributed by atoms with van der Waals surface area (Å²) in [5.41, 5.74) is 2.63. The summed E-state index contributed by atoms with van der Waals surface area (Å²) in [5.74, 6) is 0.439. The summed E-state index contributed by atoms with van der Waals surface area (Å²) in [5, 5.41) is 20.5. The first kappa shape index (κ1) is 17.1. The summed E-state index contributed by atoms with van der Waals surface area (Å²) in [6.07, 6.45) is 1.43. The van der Waals surface area contributed by atoms with E-state index in [1.807, 2.05) is 6.92 Å². The van der Waals surface area contributed by atoms with Gasteiger partial charge in [-0.25, -0.2) is 4.68 Å². The van der Waals surface area contributed by atoms with Gasteiger partial charge in [-0.3, -0.25) is 4.79 Å². The van der Waals surface area contributed by atoms with Gasteiger partial charge in [0.2, 0.25) is 5.95 Å². The highest BCUT2D eigenvalue weighted by Gasteiger charge is 2.33. The molecule has 0 saturated carbocycles. The van der Waals surface area contributed by atoms with E-state index in [-0.39, 0.29) is 11.7 Å². The number of allylic oxidation sites excluding steroid dienone is 1. The molecule has 3 aromatic rings. The molecular weight excluding hydrogens is 366 g/mol. The Labute approximate surface area is 160 Å². The standard InChI is InChI=1S/C19H16ClN5O2/c1-11-16(18(27)24-14-6-4-13(20)5-7-14)17(12-2-8-15(26)9-3-12)25-19(23-11)21-10-22-25/h2-10,17,26H,1H3,(H,24,27)(H,21,22,23)/t17-/m1/s1. The van der Waals surface area contributed by atoms with Crippen molar-refractivity contribution in [2.75, 3.05) is 10.6 Å². The van der Waals surface area contributed by atoms with Gasteiger partial charge in [-0.2, -0.15) is 10.1 Å². The Bertz CT molecular complexity index is 1030. The van der Waals surface area contributed by atoms with Crippen molar-refractivity contribution in [2.24, 2.45) is 0 Å². The molecule has 27 heavy (non-hydrogen) atoms. The van der Waals surface area contributed by atoms with Crippen LogP contribution in [0, 0.1) is 0 Å². The fourth-order valence-corrected chi connectivity index (χ4v) is 3.21. The van der Waals surface area contributed by atoms with Gasteiger partial charge in [0.25, 0.3) is 5.91 Å². The van der Waals surface area contributed by atoms with Crippen LogP contribution in [-0.2, 0) is 4.79 Å². The van der Waals surface area contributed by atoms with Crippen molar-refractivity contribution >= 4 is 29.1 Å². The number of anilines is 2. The Hall–Kier alpha value is -3.32. The fourth-order valence-electron chi connectivity index (χ4n) is 3.08. The molecule has 7 nitrogen and oxygen atoms in total. The molecule has 1 atom stereocenters. The summed E-state index contributed by atoms with van der Waals surface area (Å²) >= 11 is 5.91. The number of rotatable bonds is 3. The van der Waals surface area contributed by atoms with Crippen LogP contribution in [-0.4, -0.2) is 25.8 Å². The van der Waals surface area contributed by atoms with Crippen LogP contribution >= 0.6 is 11.6 Å². The van der Waals surface area contributed by atoms with E-state index >= 15 is 0 Å². The van der Waals surface area contributed by atoms with Crippen LogP contribution in [0.3, 0.4) is 0 Å². The van der Waals surface area contributed by atoms with E-state index in [4.69, 9.17) is 11.6 Å². The molecule has 1 aliphatic heterocycles. The maximum Gasteiger partial charge on any atom is 0.255 e. The van der Waals surface area contributed by atoms with Gasteiger partial charge in [-0.15, -0.1) is 0 Å². The minimum Gasteiger partial charge on any atom is -0.508 e. The minimum atomic E-state index is -0.475. The van der Waals surface area contributed by atoms with E-state index in [1.165, 1.54) is 6.33 Å². The number of phenols is 1. The maximum atomic E-state index is 13.1. The van der Waals surface area contributed by atoms with E-state index in [1.54, 1.807) is 53.2 Å². The molecule has 3 N–H and O–H groups in total. The largest absolute Gasteiger partial charge is 0.508 e. The second-order valence-electron chi connectivity index (χ2n) is 6.15. The molecule has 136 valence electrons. The number of nitrogens with one attached hydrogen (secondary N) is 2. The average molecular weight is 382 g/mol. The van der Waals surface area contributed by atoms with Crippen molar-refractivity contribution in [2.45, 2.75) is 13.0 Å². The Kier molecular flexibility index (Phi) is 4.29. The normalized spacial score (nSPS) is 15.9. The summed E-state index contributed by atoms with van der Waals surface area (Å²) in [7, 11) is 0. The summed E-state index contributed by atoms with van der Waals surface area (Å²) < 4.78 is 1.65. The van der Waals surface area contributed by atoms with E-state index in [0.29, 0.717) is 27.9 Å². The average Bonchev–Trinajstić information content (AvgIpc) is 3.11. The van der Waals surface area contributed by atoms with Crippen LogP contribution in [0.25, 0.3) is 0 Å². The molecule has 1 aliphatic rings. The number of hydrogen-bond acceptors (Lipinski definition) is 5. The highest BCUT2D eigenvalue weighted by atomic mass is 35.5. The van der Waals surface area contributed by atoms with Gasteiger partial charge in [0.1, 0.15) is 18.1 Å². The summed E-state index contributed by atoms with van der Waals surface area (Å²) in [6.45, 7) is 1.82. The Morgan fingerprint density at radius 2 is 1.89 bits per heavy atom. The number of carbonyl (C=O) groups is 1. The smallest absolute Gasteiger partial charge is 0.255 e. The van der Waals surface area contributed by atoms with Gasteiger partial charge in [-0.05, 0) is 48.9 Å². The molecule has 0 spiro atoms. The van der Waals surface area contributed by atoms with Gasteiger partial charge < -0.3 is 15.7 Å². The SMILES string of the molecule is CC1=C(C(=O)Nc2ccc(Cl)cc2)[C@@H](c2ccc(O)cc2)n2ncnc2N1. The van der Waals surface area contributed by atoms with Crippen LogP contribution in [0.2, 0.25) is 5.02 Å². The number of carbonyl (C=O) groups excluding carboxylic acids is 1. The lowest BCUT2D eigenvalue weighted by Gasteiger charge is -2.28. The van der Waals surface area contributed by atoms with E-state index in [2.05, 4.69) is 20.7 Å². The second-order valence-corrected chi connectivity index (χ2v) is 6.58. The minimum absolute atomic E-state index is 0.152. The number of nitrogens with zero attached hydrogens (tertiary/aromatic N) is 3. The van der Waals surface area contributed by atoms with Gasteiger partial charge in [0, 0.05) is 16.4 Å². The first-order valence-electron chi connectivity index (χ1n) is 8.26. The molecule has 0 saturated heterocycles. The zero-order valence-corrected chi connectivity index (χ0v) is 15.1. The first-order chi connectivity index (χ1) is 13.0. The Morgan fingerprint density at radius 1 is 1.19 bits per heavy atom. The molecule has 0 unspecified atom stereocenters. The van der Waals surface area contributed by atoms with Crippen molar-refractivity contribution in [3.8, 4) is 5.75 Å². The molecule has 1 aromatic heterocycles. The van der Waals surface area contributed by atoms with Crippen LogP contribution in [0.4, 0.5) is 11.6 Å². The lowest BCUT2D eigenvalue weighted by Crippen LogP contribution is -2.31. The van der Waals surface area contributed by atoms with Crippen molar-refractivity contribution in [1.29, 1.82) is 0 Å². The molecule has 8 heteroatoms. The predicted octanol–water partition coefficient (Wildman–Crippen LogP) is 3.56. The van der Waals surface area contributed by atoms with Crippen molar-refractivity contribution < 1.29 is 9.90 Å². The summed E-state index contributed by atoms with van der Waals surface area (Å²) in [6, 6.07) is 13.1. The molecule has 0 bridgehead atoms. The van der Waals surface area contributed by atoms with Crippen molar-refractivity contribution in [3.63, 3.8) is 0 Å². The quantitative estimate of drug-likeness (QED) is 0.645. The number of amides is 1. The fraction of sp³-hybridized carbons (Fsp3) is 0.105. The van der Waals surface area contributed by atoms with Crippen LogP contribution in [0.1, 0.15) is 18.5 Å². The van der Waals surface area contributed by atoms with Gasteiger partial charge >= 0.3 is 0 Å². The molecule has 0 fully saturated rings. The Morgan fingerprint density at radius 3 is 2.59 bits per heavy atom. The van der Waals surface area contributed by atoms with E-state index < -0.39 is 6.04 Å². The van der Waals surface area contributed by atoms with Gasteiger partial charge in [0.05, 0.1) is 5.57 Å². The highest BCUT2D eigenvalue weighted by molar-refractivity contribution is 6.30. The van der Waals surface area contributed by atoms with Crippen molar-refractivity contribution in [1.82, 2.24) is 14.8 Å². The van der Waals surface area contributed by atoms with Crippen molar-refractivity contribution in [3.05, 3.63) is 76.7 Å². The van der Waals surface area contributed by atoms with Gasteiger partial charge in [-0.1, -0.05) is 23.7 Å². The topological polar surface area (TPSA) is 92.1 Å². The Balaban J connectivity index is 1.74. The molecule has 2 heterocycles. The molecule has 2 aromatic carbocycles. The van der Waals surface area contributed by atoms with Crippen LogP contribution < -0.4 is 10.6 Å². The lowest BCUT2D eigenvalue weighted by molar-refractivity contribution is -0.113. The number of benzene rings is 2. The molecular formula is C19H16ClN5O2. The van der Waals surface area contributed by atoms with Gasteiger partial charge in [0.15, 0.2) is 0 Å². The molecule has 4 rings (SSSR count). The number of fused-ring (bicyclic) bond motifs is 1. The third-order valence-corrected chi connectivity index (χ3v) is 4.60. The number of halogens is 1. The number of aromatic hydroxyl groups is 1. The molecule has 0 aliphatic carbocycles. The molecule has 0 radical (unpaired) electrons. The highest BCUT2D eigenvalue weighted by Crippen LogP contribution is 2.35. The van der Waals surface area contributed by atoms with Crippen LogP contribution in [0.5, 0.6) is 5.75 Å². The number of aromatic nitrogens is 3. The second kappa shape index (κ2) is 6.77. The van der Waals surface area contributed by atoms with E-state index in [9.17, 15) is 9.90 Å². The third kappa shape index (κ3) is 3.24. The summed E-state index contributed by atoms with van der Waals surface area (Å²) in [4.78, 5) is 17.3. The number of phenolic OH excluding ortho intramolecular Hbond substituents is 1. The maximum absolute atomic E-state index is 13.1. The lowest BCUT2D eigenvalue weighted by atomic mass is 9.95. The van der Waals surface area contributed by atoms with Crippen LogP contribution in [0.15, 0.2) is 66.1 Å². The molecule has 1 amide bonds. The zero-order valence-electron chi connectivity index (χ0n) is 14.3. The predicted molar refractivity (Wildman–Crippen MR) is 103 cm³/mol.